The van der Waals surface area contributed by atoms with E-state index in [1.807, 2.05) is 0 Å². The van der Waals surface area contributed by atoms with Crippen LogP contribution < -0.4 is 10.1 Å². The van der Waals surface area contributed by atoms with Crippen LogP contribution in [0.25, 0.3) is 0 Å². The van der Waals surface area contributed by atoms with Gasteiger partial charge in [0.25, 0.3) is 0 Å². The van der Waals surface area contributed by atoms with Gasteiger partial charge in [-0.1, -0.05) is 0 Å². The van der Waals surface area contributed by atoms with E-state index in [1.54, 1.807) is 0 Å². The fraction of sp³-hybridized carbons (Fsp3) is 0.600. The molecular weight excluding hydrogens is 416 g/mol. The smallest absolute Gasteiger partial charge is 0.243 e. The number of methoxy groups -OCH3 is 1. The molecule has 3 fully saturated rings. The lowest BCUT2D eigenvalue weighted by molar-refractivity contribution is 0.160. The summed E-state index contributed by atoms with van der Waals surface area (Å²) < 4.78 is 81.5. The number of sulfonamides is 1. The molecule has 1 N–H and O–H groups in total. The molecule has 0 aromatic heterocycles. The van der Waals surface area contributed by atoms with Crippen molar-refractivity contribution < 1.29 is 30.0 Å². The van der Waals surface area contributed by atoms with Gasteiger partial charge in [0.1, 0.15) is 5.75 Å². The van der Waals surface area contributed by atoms with E-state index in [9.17, 15) is 25.3 Å². The predicted molar refractivity (Wildman–Crippen MR) is 97.6 cm³/mol. The zero-order valence-corrected chi connectivity index (χ0v) is 16.9. The van der Waals surface area contributed by atoms with Crippen LogP contribution in [-0.2, 0) is 29.7 Å². The molecule has 3 saturated heterocycles. The van der Waals surface area contributed by atoms with Crippen molar-refractivity contribution in [3.63, 3.8) is 0 Å². The van der Waals surface area contributed by atoms with Crippen molar-refractivity contribution >= 4 is 29.7 Å². The Balaban J connectivity index is 1.80. The van der Waals surface area contributed by atoms with Gasteiger partial charge in [-0.25, -0.2) is 25.3 Å². The third-order valence-corrected chi connectivity index (χ3v) is 10.8. The molecular formula is C15H20N2O7S3. The monoisotopic (exact) mass is 436 g/mol. The second-order valence-corrected chi connectivity index (χ2v) is 13.3. The average Bonchev–Trinajstić information content (AvgIpc) is 3.04. The molecule has 4 atom stereocenters. The van der Waals surface area contributed by atoms with Crippen molar-refractivity contribution in [1.29, 1.82) is 0 Å². The summed E-state index contributed by atoms with van der Waals surface area (Å²) in [7, 11) is -9.45. The van der Waals surface area contributed by atoms with Gasteiger partial charge in [-0.15, -0.1) is 0 Å². The highest BCUT2D eigenvalue weighted by Gasteiger charge is 2.57. The molecule has 3 heterocycles. The summed E-state index contributed by atoms with van der Waals surface area (Å²) in [6.07, 6.45) is 0. The van der Waals surface area contributed by atoms with Crippen molar-refractivity contribution in [3.05, 3.63) is 24.3 Å². The molecule has 4 rings (SSSR count). The summed E-state index contributed by atoms with van der Waals surface area (Å²) >= 11 is 0. The molecule has 0 bridgehead atoms. The van der Waals surface area contributed by atoms with Gasteiger partial charge in [0.15, 0.2) is 19.7 Å². The zero-order valence-electron chi connectivity index (χ0n) is 14.5. The number of ether oxygens (including phenoxy) is 1. The summed E-state index contributed by atoms with van der Waals surface area (Å²) in [5.74, 6) is -0.547. The zero-order chi connectivity index (χ0) is 19.6. The van der Waals surface area contributed by atoms with Crippen LogP contribution in [0, 0.1) is 0 Å². The number of fused-ring (bicyclic) bond motifs is 2. The molecule has 1 aromatic rings. The van der Waals surface area contributed by atoms with E-state index in [1.165, 1.54) is 31.4 Å². The minimum Gasteiger partial charge on any atom is -0.497 e. The minimum absolute atomic E-state index is 0.0173. The molecule has 3 aliphatic rings. The highest BCUT2D eigenvalue weighted by atomic mass is 32.2. The molecule has 9 nitrogen and oxygen atoms in total. The predicted octanol–water partition coefficient (Wildman–Crippen LogP) is -1.38. The molecule has 1 aromatic carbocycles. The number of benzene rings is 1. The minimum atomic E-state index is -4.09. The Morgan fingerprint density at radius 2 is 1.41 bits per heavy atom. The number of nitrogens with one attached hydrogen (secondary N) is 1. The van der Waals surface area contributed by atoms with Crippen LogP contribution >= 0.6 is 0 Å². The van der Waals surface area contributed by atoms with Crippen LogP contribution in [0.5, 0.6) is 5.75 Å². The van der Waals surface area contributed by atoms with Gasteiger partial charge in [-0.05, 0) is 24.3 Å². The molecule has 0 unspecified atom stereocenters. The van der Waals surface area contributed by atoms with E-state index in [-0.39, 0.29) is 27.9 Å². The quantitative estimate of drug-likeness (QED) is 0.614. The van der Waals surface area contributed by atoms with E-state index >= 15 is 0 Å². The molecule has 27 heavy (non-hydrogen) atoms. The average molecular weight is 437 g/mol. The van der Waals surface area contributed by atoms with Gasteiger partial charge < -0.3 is 10.1 Å². The summed E-state index contributed by atoms with van der Waals surface area (Å²) in [4.78, 5) is -0.0173. The van der Waals surface area contributed by atoms with Gasteiger partial charge in [-0.2, -0.15) is 4.31 Å². The molecule has 150 valence electrons. The molecule has 12 heteroatoms. The van der Waals surface area contributed by atoms with E-state index in [2.05, 4.69) is 5.32 Å². The molecule has 3 aliphatic heterocycles. The van der Waals surface area contributed by atoms with Gasteiger partial charge in [0.05, 0.1) is 47.1 Å². The summed E-state index contributed by atoms with van der Waals surface area (Å²) in [5.41, 5.74) is 0. The maximum atomic E-state index is 13.4. The topological polar surface area (TPSA) is 127 Å². The number of hydrogen-bond acceptors (Lipinski definition) is 8. The summed E-state index contributed by atoms with van der Waals surface area (Å²) in [6.45, 7) is 0. The fourth-order valence-electron chi connectivity index (χ4n) is 4.22. The first-order chi connectivity index (χ1) is 12.5. The lowest BCUT2D eigenvalue weighted by atomic mass is 10.0. The Hall–Kier alpha value is -1.21. The van der Waals surface area contributed by atoms with Crippen molar-refractivity contribution in [1.82, 2.24) is 9.62 Å². The third-order valence-electron chi connectivity index (χ3n) is 5.36. The lowest BCUT2D eigenvalue weighted by Gasteiger charge is -2.43. The SMILES string of the molecule is COc1ccc(S(=O)(=O)N2[C@@H]3CS(=O)(=O)C[C@@H]3N[C@@H]3CS(=O)(=O)C[C@H]32)cc1. The Bertz CT molecular complexity index is 1020. The van der Waals surface area contributed by atoms with Crippen LogP contribution in [0.1, 0.15) is 0 Å². The Morgan fingerprint density at radius 1 is 0.926 bits per heavy atom. The first-order valence-corrected chi connectivity index (χ1v) is 13.5. The number of sulfone groups is 2. The van der Waals surface area contributed by atoms with Crippen molar-refractivity contribution in [3.8, 4) is 5.75 Å². The second-order valence-electron chi connectivity index (χ2n) is 7.18. The standard InChI is InChI=1S/C15H20N2O7S3/c1-24-10-2-4-11(5-3-10)27(22,23)17-14-8-25(18,19)6-12(14)16-13-7-26(20,21)9-15(13)17/h2-5,12-16H,6-9H2,1H3/t12-,13+,14-,15-/m1/s1. The molecule has 0 radical (unpaired) electrons. The van der Waals surface area contributed by atoms with E-state index in [0.29, 0.717) is 5.75 Å². The maximum absolute atomic E-state index is 13.4. The van der Waals surface area contributed by atoms with Crippen LogP contribution in [0.15, 0.2) is 29.2 Å². The number of rotatable bonds is 3. The molecule has 0 amide bonds. The Morgan fingerprint density at radius 3 is 1.85 bits per heavy atom. The molecule has 0 saturated carbocycles. The van der Waals surface area contributed by atoms with Gasteiger partial charge in [0.2, 0.25) is 10.0 Å². The van der Waals surface area contributed by atoms with Crippen LogP contribution in [0.4, 0.5) is 0 Å². The van der Waals surface area contributed by atoms with E-state index in [4.69, 9.17) is 4.74 Å². The molecule has 0 spiro atoms. The lowest BCUT2D eigenvalue weighted by Crippen LogP contribution is -2.67. The second kappa shape index (κ2) is 6.14. The highest BCUT2D eigenvalue weighted by Crippen LogP contribution is 2.36. The van der Waals surface area contributed by atoms with Gasteiger partial charge in [0, 0.05) is 12.1 Å². The fourth-order valence-corrected chi connectivity index (χ4v) is 10.1. The van der Waals surface area contributed by atoms with E-state index in [0.717, 1.165) is 4.31 Å². The van der Waals surface area contributed by atoms with Crippen LogP contribution in [0.2, 0.25) is 0 Å². The third kappa shape index (κ3) is 3.27. The first kappa shape index (κ1) is 19.1. The van der Waals surface area contributed by atoms with Crippen molar-refractivity contribution in [2.45, 2.75) is 29.1 Å². The Kier molecular flexibility index (Phi) is 4.35. The summed E-state index contributed by atoms with van der Waals surface area (Å²) in [6, 6.07) is 2.89. The summed E-state index contributed by atoms with van der Waals surface area (Å²) in [5, 5.41) is 3.08. The highest BCUT2D eigenvalue weighted by molar-refractivity contribution is 7.92. The largest absolute Gasteiger partial charge is 0.497 e. The van der Waals surface area contributed by atoms with Crippen molar-refractivity contribution in [2.24, 2.45) is 0 Å². The van der Waals surface area contributed by atoms with E-state index < -0.39 is 53.9 Å². The van der Waals surface area contributed by atoms with Crippen molar-refractivity contribution in [2.75, 3.05) is 30.1 Å². The Labute approximate surface area is 158 Å². The van der Waals surface area contributed by atoms with Gasteiger partial charge >= 0.3 is 0 Å². The normalized spacial score (nSPS) is 34.7. The van der Waals surface area contributed by atoms with Crippen LogP contribution in [0.3, 0.4) is 0 Å². The first-order valence-electron chi connectivity index (χ1n) is 8.37. The number of nitrogens with zero attached hydrogens (tertiary/aromatic N) is 1. The maximum Gasteiger partial charge on any atom is 0.243 e. The number of hydrogen-bond donors (Lipinski definition) is 1. The molecule has 0 aliphatic carbocycles. The van der Waals surface area contributed by atoms with Crippen LogP contribution in [-0.4, -0.2) is 83.8 Å². The van der Waals surface area contributed by atoms with Gasteiger partial charge in [-0.3, -0.25) is 0 Å². The number of piperazine rings is 1.